The van der Waals surface area contributed by atoms with Crippen molar-refractivity contribution in [3.8, 4) is 0 Å². The Kier molecular flexibility index (Phi) is 2.74. The van der Waals surface area contributed by atoms with Crippen molar-refractivity contribution in [2.24, 2.45) is 5.41 Å². The van der Waals surface area contributed by atoms with Crippen LogP contribution >= 0.6 is 11.8 Å². The molecule has 1 atom stereocenters. The van der Waals surface area contributed by atoms with E-state index in [4.69, 9.17) is 0 Å². The van der Waals surface area contributed by atoms with Gasteiger partial charge in [-0.15, -0.1) is 0 Å². The van der Waals surface area contributed by atoms with Crippen molar-refractivity contribution in [2.75, 3.05) is 12.0 Å². The van der Waals surface area contributed by atoms with Gasteiger partial charge in [-0.05, 0) is 23.0 Å². The zero-order valence-corrected chi connectivity index (χ0v) is 10.1. The highest BCUT2D eigenvalue weighted by Crippen LogP contribution is 2.42. The van der Waals surface area contributed by atoms with E-state index in [0.717, 1.165) is 5.75 Å². The zero-order chi connectivity index (χ0) is 10.9. The number of benzene rings is 1. The van der Waals surface area contributed by atoms with Gasteiger partial charge in [-0.2, -0.15) is 11.8 Å². The molecule has 0 radical (unpaired) electrons. The number of hydrogen-bond donors (Lipinski definition) is 0. The topological polar surface area (TPSA) is 0 Å². The van der Waals surface area contributed by atoms with E-state index < -0.39 is 0 Å². The highest BCUT2D eigenvalue weighted by molar-refractivity contribution is 7.98. The Bertz CT molecular complexity index is 417. The Morgan fingerprint density at radius 2 is 2.07 bits per heavy atom. The van der Waals surface area contributed by atoms with Crippen LogP contribution < -0.4 is 0 Å². The minimum absolute atomic E-state index is 0.119. The average Bonchev–Trinajstić information content (AvgIpc) is 2.25. The lowest BCUT2D eigenvalue weighted by Crippen LogP contribution is -2.21. The summed E-state index contributed by atoms with van der Waals surface area (Å²) in [6.07, 6.45) is 6.65. The smallest absolute Gasteiger partial charge is 0.0198 e. The number of hydrogen-bond acceptors (Lipinski definition) is 1. The van der Waals surface area contributed by atoms with Crippen molar-refractivity contribution in [3.05, 3.63) is 48.0 Å². The molecule has 0 heterocycles. The lowest BCUT2D eigenvalue weighted by atomic mass is 9.75. The molecule has 1 aliphatic rings. The van der Waals surface area contributed by atoms with Crippen LogP contribution in [0.5, 0.6) is 0 Å². The molecule has 0 fully saturated rings. The third kappa shape index (κ3) is 1.76. The first-order valence-electron chi connectivity index (χ1n) is 5.14. The Balaban J connectivity index is 2.45. The molecule has 1 aliphatic carbocycles. The SMILES string of the molecule is C=C1c2ccccc2C=C[C@]1(C)CSC. The molecule has 0 nitrogen and oxygen atoms in total. The molecule has 1 aromatic rings. The van der Waals surface area contributed by atoms with E-state index in [1.807, 2.05) is 11.8 Å². The van der Waals surface area contributed by atoms with Crippen LogP contribution in [0.15, 0.2) is 36.9 Å². The highest BCUT2D eigenvalue weighted by atomic mass is 32.2. The molecule has 2 rings (SSSR count). The first kappa shape index (κ1) is 10.6. The summed E-state index contributed by atoms with van der Waals surface area (Å²) in [6.45, 7) is 6.52. The molecule has 0 unspecified atom stereocenters. The quantitative estimate of drug-likeness (QED) is 0.717. The lowest BCUT2D eigenvalue weighted by Gasteiger charge is -2.32. The predicted octanol–water partition coefficient (Wildman–Crippen LogP) is 4.10. The van der Waals surface area contributed by atoms with Crippen LogP contribution in [0.25, 0.3) is 11.6 Å². The Hall–Kier alpha value is -0.950. The Labute approximate surface area is 96.1 Å². The second kappa shape index (κ2) is 3.90. The van der Waals surface area contributed by atoms with Gasteiger partial charge < -0.3 is 0 Å². The molecule has 78 valence electrons. The van der Waals surface area contributed by atoms with Crippen LogP contribution in [0.3, 0.4) is 0 Å². The summed E-state index contributed by atoms with van der Waals surface area (Å²) < 4.78 is 0. The maximum absolute atomic E-state index is 4.26. The third-order valence-electron chi connectivity index (χ3n) is 3.05. The summed E-state index contributed by atoms with van der Waals surface area (Å²) in [5.41, 5.74) is 3.96. The van der Waals surface area contributed by atoms with Gasteiger partial charge in [0.1, 0.15) is 0 Å². The van der Waals surface area contributed by atoms with Gasteiger partial charge >= 0.3 is 0 Å². The van der Waals surface area contributed by atoms with Crippen LogP contribution in [-0.2, 0) is 0 Å². The third-order valence-corrected chi connectivity index (χ3v) is 3.94. The molecule has 0 N–H and O–H groups in total. The highest BCUT2D eigenvalue weighted by Gasteiger charge is 2.28. The van der Waals surface area contributed by atoms with Gasteiger partial charge in [-0.1, -0.05) is 49.9 Å². The molecule has 15 heavy (non-hydrogen) atoms. The number of thioether (sulfide) groups is 1. The maximum Gasteiger partial charge on any atom is 0.0198 e. The normalized spacial score (nSPS) is 24.0. The fourth-order valence-electron chi connectivity index (χ4n) is 2.03. The van der Waals surface area contributed by atoms with Gasteiger partial charge in [-0.25, -0.2) is 0 Å². The van der Waals surface area contributed by atoms with Crippen LogP contribution in [0.1, 0.15) is 18.1 Å². The van der Waals surface area contributed by atoms with Crippen molar-refractivity contribution in [1.29, 1.82) is 0 Å². The van der Waals surface area contributed by atoms with Gasteiger partial charge in [0.05, 0.1) is 0 Å². The first-order chi connectivity index (χ1) is 7.17. The van der Waals surface area contributed by atoms with Gasteiger partial charge in [-0.3, -0.25) is 0 Å². The molecule has 1 heteroatoms. The molecule has 1 aromatic carbocycles. The van der Waals surface area contributed by atoms with E-state index in [9.17, 15) is 0 Å². The van der Waals surface area contributed by atoms with Gasteiger partial charge in [0.2, 0.25) is 0 Å². The van der Waals surface area contributed by atoms with Crippen molar-refractivity contribution in [2.45, 2.75) is 6.92 Å². The summed E-state index contributed by atoms with van der Waals surface area (Å²) in [4.78, 5) is 0. The summed E-state index contributed by atoms with van der Waals surface area (Å²) >= 11 is 1.87. The summed E-state index contributed by atoms with van der Waals surface area (Å²) in [7, 11) is 0. The molecule has 0 aromatic heterocycles. The zero-order valence-electron chi connectivity index (χ0n) is 9.29. The molecule has 0 amide bonds. The number of rotatable bonds is 2. The standard InChI is InChI=1S/C14H16S/c1-11-13-7-5-4-6-12(13)8-9-14(11,2)10-15-3/h4-9H,1,10H2,2-3H3/t14-/m1/s1. The van der Waals surface area contributed by atoms with E-state index in [0.29, 0.717) is 0 Å². The fourth-order valence-corrected chi connectivity index (χ4v) is 2.90. The van der Waals surface area contributed by atoms with Crippen LogP contribution in [0.2, 0.25) is 0 Å². The van der Waals surface area contributed by atoms with Gasteiger partial charge in [0.15, 0.2) is 0 Å². The molecule has 0 saturated heterocycles. The molecule has 0 saturated carbocycles. The predicted molar refractivity (Wildman–Crippen MR) is 71.0 cm³/mol. The second-order valence-corrected chi connectivity index (χ2v) is 5.12. The van der Waals surface area contributed by atoms with Crippen LogP contribution in [-0.4, -0.2) is 12.0 Å². The minimum Gasteiger partial charge on any atom is -0.164 e. The molecule has 0 bridgehead atoms. The number of allylic oxidation sites excluding steroid dienone is 2. The van der Waals surface area contributed by atoms with Crippen molar-refractivity contribution >= 4 is 23.4 Å². The molecular weight excluding hydrogens is 200 g/mol. The molecule has 0 aliphatic heterocycles. The average molecular weight is 216 g/mol. The maximum atomic E-state index is 4.26. The van der Waals surface area contributed by atoms with Gasteiger partial charge in [0, 0.05) is 11.2 Å². The first-order valence-corrected chi connectivity index (χ1v) is 6.54. The summed E-state index contributed by atoms with van der Waals surface area (Å²) in [6, 6.07) is 8.48. The monoisotopic (exact) mass is 216 g/mol. The minimum atomic E-state index is 0.119. The lowest BCUT2D eigenvalue weighted by molar-refractivity contribution is 0.664. The molecule has 0 spiro atoms. The molecular formula is C14H16S. The van der Waals surface area contributed by atoms with Crippen LogP contribution in [0, 0.1) is 5.41 Å². The van der Waals surface area contributed by atoms with E-state index in [1.165, 1.54) is 16.7 Å². The van der Waals surface area contributed by atoms with Crippen molar-refractivity contribution in [1.82, 2.24) is 0 Å². The van der Waals surface area contributed by atoms with E-state index in [1.54, 1.807) is 0 Å². The summed E-state index contributed by atoms with van der Waals surface area (Å²) in [5.74, 6) is 1.09. The van der Waals surface area contributed by atoms with Gasteiger partial charge in [0.25, 0.3) is 0 Å². The van der Waals surface area contributed by atoms with Crippen molar-refractivity contribution in [3.63, 3.8) is 0 Å². The second-order valence-electron chi connectivity index (χ2n) is 4.25. The number of fused-ring (bicyclic) bond motifs is 1. The largest absolute Gasteiger partial charge is 0.164 e. The Morgan fingerprint density at radius 1 is 1.33 bits per heavy atom. The van der Waals surface area contributed by atoms with E-state index in [2.05, 4.69) is 56.2 Å². The van der Waals surface area contributed by atoms with E-state index >= 15 is 0 Å². The summed E-state index contributed by atoms with van der Waals surface area (Å²) in [5, 5.41) is 0. The fraction of sp³-hybridized carbons (Fsp3) is 0.286. The van der Waals surface area contributed by atoms with Crippen molar-refractivity contribution < 1.29 is 0 Å². The van der Waals surface area contributed by atoms with Crippen LogP contribution in [0.4, 0.5) is 0 Å². The van der Waals surface area contributed by atoms with E-state index in [-0.39, 0.29) is 5.41 Å². The Morgan fingerprint density at radius 3 is 2.80 bits per heavy atom.